The fraction of sp³-hybridized carbons (Fsp3) is 0.333. The summed E-state index contributed by atoms with van der Waals surface area (Å²) in [6, 6.07) is 7.14. The Hall–Kier alpha value is -2.05. The van der Waals surface area contributed by atoms with Crippen molar-refractivity contribution in [3.63, 3.8) is 0 Å². The summed E-state index contributed by atoms with van der Waals surface area (Å²) >= 11 is 0. The normalized spacial score (nSPS) is 16.8. The number of nitrogens with zero attached hydrogens (tertiary/aromatic N) is 1. The van der Waals surface area contributed by atoms with E-state index in [0.717, 1.165) is 19.2 Å². The number of methoxy groups -OCH3 is 1. The molecule has 1 aliphatic heterocycles. The highest BCUT2D eigenvalue weighted by Crippen LogP contribution is 2.36. The van der Waals surface area contributed by atoms with Crippen LogP contribution < -0.4 is 10.1 Å². The van der Waals surface area contributed by atoms with E-state index >= 15 is 0 Å². The Balaban J connectivity index is 2.13. The predicted molar refractivity (Wildman–Crippen MR) is 85.6 cm³/mol. The van der Waals surface area contributed by atoms with Gasteiger partial charge in [0, 0.05) is 43.4 Å². The molecule has 1 saturated heterocycles. The fourth-order valence-electron chi connectivity index (χ4n) is 3.14. The van der Waals surface area contributed by atoms with Crippen molar-refractivity contribution in [1.29, 1.82) is 0 Å². The lowest BCUT2D eigenvalue weighted by Crippen LogP contribution is -2.45. The standard InChI is InChI=1S/C18H19F3N2O/c1-24-17-5-3-12(19)10-15(17)18(23-8-6-22-7-9-23)14-4-2-13(20)11-16(14)21/h2-5,10-11,18,22H,6-9H2,1H3. The number of hydrogen-bond donors (Lipinski definition) is 1. The molecule has 1 unspecified atom stereocenters. The molecule has 6 heteroatoms. The number of hydrogen-bond acceptors (Lipinski definition) is 3. The van der Waals surface area contributed by atoms with E-state index in [1.807, 2.05) is 4.90 Å². The maximum Gasteiger partial charge on any atom is 0.131 e. The van der Waals surface area contributed by atoms with Gasteiger partial charge in [0.05, 0.1) is 13.2 Å². The van der Waals surface area contributed by atoms with Crippen molar-refractivity contribution >= 4 is 0 Å². The molecule has 1 heterocycles. The van der Waals surface area contributed by atoms with Gasteiger partial charge in [-0.05, 0) is 24.3 Å². The van der Waals surface area contributed by atoms with Gasteiger partial charge < -0.3 is 10.1 Å². The number of nitrogens with one attached hydrogen (secondary N) is 1. The molecule has 1 aliphatic rings. The van der Waals surface area contributed by atoms with Crippen LogP contribution in [-0.2, 0) is 0 Å². The average Bonchev–Trinajstić information content (AvgIpc) is 2.58. The average molecular weight is 336 g/mol. The molecule has 1 fully saturated rings. The third kappa shape index (κ3) is 3.39. The molecule has 24 heavy (non-hydrogen) atoms. The van der Waals surface area contributed by atoms with Crippen molar-refractivity contribution in [2.75, 3.05) is 33.3 Å². The Morgan fingerprint density at radius 3 is 2.29 bits per heavy atom. The molecule has 0 saturated carbocycles. The minimum atomic E-state index is -0.648. The Bertz CT molecular complexity index is 717. The van der Waals surface area contributed by atoms with Crippen LogP contribution >= 0.6 is 0 Å². The van der Waals surface area contributed by atoms with Crippen LogP contribution in [0.1, 0.15) is 17.2 Å². The first-order chi connectivity index (χ1) is 11.6. The summed E-state index contributed by atoms with van der Waals surface area (Å²) < 4.78 is 47.0. The highest BCUT2D eigenvalue weighted by Gasteiger charge is 2.29. The number of piperazine rings is 1. The van der Waals surface area contributed by atoms with Gasteiger partial charge in [-0.15, -0.1) is 0 Å². The molecule has 2 aromatic carbocycles. The molecule has 0 amide bonds. The van der Waals surface area contributed by atoms with Gasteiger partial charge in [0.1, 0.15) is 23.2 Å². The van der Waals surface area contributed by atoms with Crippen molar-refractivity contribution in [2.45, 2.75) is 6.04 Å². The monoisotopic (exact) mass is 336 g/mol. The summed E-state index contributed by atoms with van der Waals surface area (Å²) in [5.41, 5.74) is 0.840. The van der Waals surface area contributed by atoms with Crippen LogP contribution in [0.4, 0.5) is 13.2 Å². The van der Waals surface area contributed by atoms with Gasteiger partial charge in [-0.3, -0.25) is 4.90 Å². The van der Waals surface area contributed by atoms with Crippen molar-refractivity contribution in [3.05, 3.63) is 65.0 Å². The highest BCUT2D eigenvalue weighted by molar-refractivity contribution is 5.42. The minimum Gasteiger partial charge on any atom is -0.496 e. The quantitative estimate of drug-likeness (QED) is 0.928. The molecule has 1 N–H and O–H groups in total. The first kappa shape index (κ1) is 16.8. The Kier molecular flexibility index (Phi) is 5.06. The van der Waals surface area contributed by atoms with Gasteiger partial charge >= 0.3 is 0 Å². The lowest BCUT2D eigenvalue weighted by Gasteiger charge is -2.36. The molecule has 0 spiro atoms. The highest BCUT2D eigenvalue weighted by atomic mass is 19.1. The maximum absolute atomic E-state index is 14.5. The van der Waals surface area contributed by atoms with E-state index in [1.54, 1.807) is 0 Å². The summed E-state index contributed by atoms with van der Waals surface area (Å²) in [6.45, 7) is 2.83. The van der Waals surface area contributed by atoms with E-state index < -0.39 is 23.5 Å². The van der Waals surface area contributed by atoms with Crippen molar-refractivity contribution in [3.8, 4) is 5.75 Å². The van der Waals surface area contributed by atoms with E-state index in [4.69, 9.17) is 4.74 Å². The zero-order valence-corrected chi connectivity index (χ0v) is 13.4. The van der Waals surface area contributed by atoms with Crippen LogP contribution in [0.2, 0.25) is 0 Å². The number of rotatable bonds is 4. The number of benzene rings is 2. The molecule has 0 radical (unpaired) electrons. The lowest BCUT2D eigenvalue weighted by atomic mass is 9.95. The van der Waals surface area contributed by atoms with E-state index in [9.17, 15) is 13.2 Å². The largest absolute Gasteiger partial charge is 0.496 e. The van der Waals surface area contributed by atoms with Crippen LogP contribution in [-0.4, -0.2) is 38.2 Å². The number of halogens is 3. The Labute approximate surface area is 139 Å². The van der Waals surface area contributed by atoms with Crippen LogP contribution in [0.3, 0.4) is 0 Å². The molecule has 1 atom stereocenters. The second-order valence-corrected chi connectivity index (χ2v) is 5.74. The summed E-state index contributed by atoms with van der Waals surface area (Å²) in [6.07, 6.45) is 0. The van der Waals surface area contributed by atoms with E-state index in [-0.39, 0.29) is 0 Å². The molecule has 0 aliphatic carbocycles. The fourth-order valence-corrected chi connectivity index (χ4v) is 3.14. The topological polar surface area (TPSA) is 24.5 Å². The van der Waals surface area contributed by atoms with Gasteiger partial charge in [0.2, 0.25) is 0 Å². The Morgan fingerprint density at radius 2 is 1.62 bits per heavy atom. The lowest BCUT2D eigenvalue weighted by molar-refractivity contribution is 0.192. The van der Waals surface area contributed by atoms with Gasteiger partial charge in [0.25, 0.3) is 0 Å². The first-order valence-corrected chi connectivity index (χ1v) is 7.83. The van der Waals surface area contributed by atoms with Crippen LogP contribution in [0.5, 0.6) is 5.75 Å². The minimum absolute atomic E-state index is 0.308. The zero-order valence-electron chi connectivity index (χ0n) is 13.4. The Morgan fingerprint density at radius 1 is 0.958 bits per heavy atom. The molecule has 3 rings (SSSR count). The molecular formula is C18H19F3N2O. The molecule has 128 valence electrons. The van der Waals surface area contributed by atoms with Gasteiger partial charge in [0.15, 0.2) is 0 Å². The maximum atomic E-state index is 14.5. The smallest absolute Gasteiger partial charge is 0.131 e. The molecule has 3 nitrogen and oxygen atoms in total. The SMILES string of the molecule is COc1ccc(F)cc1C(c1ccc(F)cc1F)N1CCNCC1. The van der Waals surface area contributed by atoms with E-state index in [0.29, 0.717) is 30.0 Å². The van der Waals surface area contributed by atoms with Crippen molar-refractivity contribution in [2.24, 2.45) is 0 Å². The van der Waals surface area contributed by atoms with Crippen LogP contribution in [0.15, 0.2) is 36.4 Å². The van der Waals surface area contributed by atoms with Crippen LogP contribution in [0.25, 0.3) is 0 Å². The molecular weight excluding hydrogens is 317 g/mol. The third-order valence-electron chi connectivity index (χ3n) is 4.26. The summed E-state index contributed by atoms with van der Waals surface area (Å²) in [5, 5.41) is 3.24. The third-order valence-corrected chi connectivity index (χ3v) is 4.26. The van der Waals surface area contributed by atoms with Gasteiger partial charge in [-0.2, -0.15) is 0 Å². The predicted octanol–water partition coefficient (Wildman–Crippen LogP) is 3.11. The first-order valence-electron chi connectivity index (χ1n) is 7.83. The van der Waals surface area contributed by atoms with Gasteiger partial charge in [-0.25, -0.2) is 13.2 Å². The summed E-state index contributed by atoms with van der Waals surface area (Å²) in [4.78, 5) is 2.05. The molecule has 0 bridgehead atoms. The molecule has 2 aromatic rings. The van der Waals surface area contributed by atoms with Gasteiger partial charge in [-0.1, -0.05) is 6.07 Å². The zero-order chi connectivity index (χ0) is 17.1. The van der Waals surface area contributed by atoms with E-state index in [2.05, 4.69) is 5.32 Å². The van der Waals surface area contributed by atoms with Crippen molar-refractivity contribution < 1.29 is 17.9 Å². The second-order valence-electron chi connectivity index (χ2n) is 5.74. The van der Waals surface area contributed by atoms with E-state index in [1.165, 1.54) is 37.4 Å². The second kappa shape index (κ2) is 7.23. The van der Waals surface area contributed by atoms with Crippen LogP contribution in [0, 0.1) is 17.5 Å². The van der Waals surface area contributed by atoms with Crippen molar-refractivity contribution in [1.82, 2.24) is 10.2 Å². The molecule has 0 aromatic heterocycles. The summed E-state index contributed by atoms with van der Waals surface area (Å²) in [7, 11) is 1.49. The number of ether oxygens (including phenoxy) is 1. The summed E-state index contributed by atoms with van der Waals surface area (Å²) in [5.74, 6) is -1.23.